The van der Waals surface area contributed by atoms with E-state index in [4.69, 9.17) is 21.4 Å². The van der Waals surface area contributed by atoms with Crippen LogP contribution in [0.2, 0.25) is 5.02 Å². The van der Waals surface area contributed by atoms with Crippen molar-refractivity contribution in [3.63, 3.8) is 0 Å². The summed E-state index contributed by atoms with van der Waals surface area (Å²) in [4.78, 5) is 11.1. The average Bonchev–Trinajstić information content (AvgIpc) is 2.69. The Morgan fingerprint density at radius 1 is 1.50 bits per heavy atom. The van der Waals surface area contributed by atoms with Crippen LogP contribution in [0.3, 0.4) is 0 Å². The summed E-state index contributed by atoms with van der Waals surface area (Å²) in [5.41, 5.74) is 1.35. The molecule has 0 spiro atoms. The molecular formula is C12H14ClNO4. The summed E-state index contributed by atoms with van der Waals surface area (Å²) in [7, 11) is 0. The highest BCUT2D eigenvalue weighted by Gasteiger charge is 2.27. The molecule has 1 aromatic carbocycles. The smallest absolute Gasteiger partial charge is 0.336 e. The van der Waals surface area contributed by atoms with Crippen molar-refractivity contribution in [3.8, 4) is 0 Å². The van der Waals surface area contributed by atoms with E-state index >= 15 is 0 Å². The molecule has 6 heteroatoms. The topological polar surface area (TPSA) is 78.8 Å². The van der Waals surface area contributed by atoms with Gasteiger partial charge < -0.3 is 20.3 Å². The Morgan fingerprint density at radius 2 is 2.22 bits per heavy atom. The zero-order valence-corrected chi connectivity index (χ0v) is 10.6. The van der Waals surface area contributed by atoms with Gasteiger partial charge in [0.2, 0.25) is 0 Å². The molecule has 0 amide bonds. The quantitative estimate of drug-likeness (QED) is 0.777. The largest absolute Gasteiger partial charge is 0.478 e. The van der Waals surface area contributed by atoms with Gasteiger partial charge in [0.15, 0.2) is 0 Å². The molecule has 0 aliphatic carbocycles. The molecule has 1 aliphatic rings. The first-order chi connectivity index (χ1) is 8.49. The predicted octanol–water partition coefficient (Wildman–Crippen LogP) is 1.52. The SMILES string of the molecule is Cc1c(N[C@H]2COC[C@@H]2O)cc(Cl)cc1C(=O)O. The summed E-state index contributed by atoms with van der Waals surface area (Å²) in [5.74, 6) is -1.03. The van der Waals surface area contributed by atoms with E-state index < -0.39 is 12.1 Å². The van der Waals surface area contributed by atoms with Crippen LogP contribution in [0.15, 0.2) is 12.1 Å². The molecule has 0 saturated carbocycles. The monoisotopic (exact) mass is 271 g/mol. The third-order valence-electron chi connectivity index (χ3n) is 2.99. The minimum absolute atomic E-state index is 0.151. The lowest BCUT2D eigenvalue weighted by Crippen LogP contribution is -2.32. The Morgan fingerprint density at radius 3 is 2.78 bits per heavy atom. The number of rotatable bonds is 3. The maximum absolute atomic E-state index is 11.1. The van der Waals surface area contributed by atoms with Crippen molar-refractivity contribution in [1.29, 1.82) is 0 Å². The minimum atomic E-state index is -1.03. The number of carbonyl (C=O) groups is 1. The molecule has 2 rings (SSSR count). The number of benzene rings is 1. The molecule has 1 heterocycles. The fourth-order valence-corrected chi connectivity index (χ4v) is 2.15. The number of carboxylic acids is 1. The summed E-state index contributed by atoms with van der Waals surface area (Å²) in [5, 5.41) is 22.1. The van der Waals surface area contributed by atoms with Crippen LogP contribution in [0.1, 0.15) is 15.9 Å². The molecule has 1 aliphatic heterocycles. The molecule has 0 bridgehead atoms. The molecule has 0 aromatic heterocycles. The van der Waals surface area contributed by atoms with Crippen LogP contribution in [0, 0.1) is 6.92 Å². The lowest BCUT2D eigenvalue weighted by atomic mass is 10.1. The van der Waals surface area contributed by atoms with Crippen LogP contribution in [0.5, 0.6) is 0 Å². The molecule has 98 valence electrons. The molecule has 0 radical (unpaired) electrons. The predicted molar refractivity (Wildman–Crippen MR) is 67.4 cm³/mol. The molecule has 2 atom stereocenters. The summed E-state index contributed by atoms with van der Waals surface area (Å²) in [6.45, 7) is 2.36. The summed E-state index contributed by atoms with van der Waals surface area (Å²) in [6, 6.07) is 2.81. The maximum Gasteiger partial charge on any atom is 0.336 e. The van der Waals surface area contributed by atoms with E-state index in [1.807, 2.05) is 0 Å². The third kappa shape index (κ3) is 2.58. The number of carboxylic acid groups (broad SMARTS) is 1. The highest BCUT2D eigenvalue weighted by molar-refractivity contribution is 6.31. The lowest BCUT2D eigenvalue weighted by molar-refractivity contribution is 0.0696. The molecule has 1 saturated heterocycles. The number of nitrogens with one attached hydrogen (secondary N) is 1. The molecule has 1 fully saturated rings. The first kappa shape index (κ1) is 13.1. The van der Waals surface area contributed by atoms with Crippen LogP contribution >= 0.6 is 11.6 Å². The fraction of sp³-hybridized carbons (Fsp3) is 0.417. The van der Waals surface area contributed by atoms with E-state index in [-0.39, 0.29) is 18.2 Å². The number of ether oxygens (including phenoxy) is 1. The van der Waals surface area contributed by atoms with Gasteiger partial charge in [-0.2, -0.15) is 0 Å². The van der Waals surface area contributed by atoms with Crippen molar-refractivity contribution in [2.45, 2.75) is 19.1 Å². The molecule has 5 nitrogen and oxygen atoms in total. The van der Waals surface area contributed by atoms with Crippen LogP contribution in [0.25, 0.3) is 0 Å². The van der Waals surface area contributed by atoms with Crippen LogP contribution < -0.4 is 5.32 Å². The summed E-state index contributed by atoms with van der Waals surface area (Å²) >= 11 is 5.89. The van der Waals surface area contributed by atoms with Gasteiger partial charge in [0.05, 0.1) is 30.9 Å². The Bertz CT molecular complexity index is 477. The van der Waals surface area contributed by atoms with E-state index in [1.54, 1.807) is 13.0 Å². The highest BCUT2D eigenvalue weighted by Crippen LogP contribution is 2.26. The normalized spacial score (nSPS) is 23.1. The van der Waals surface area contributed by atoms with Gasteiger partial charge in [0.1, 0.15) is 0 Å². The van der Waals surface area contributed by atoms with Crippen LogP contribution in [-0.4, -0.2) is 41.5 Å². The number of halogens is 1. The van der Waals surface area contributed by atoms with E-state index in [1.165, 1.54) is 6.07 Å². The Hall–Kier alpha value is -1.30. The number of aromatic carboxylic acids is 1. The van der Waals surface area contributed by atoms with Gasteiger partial charge >= 0.3 is 5.97 Å². The highest BCUT2D eigenvalue weighted by atomic mass is 35.5. The van der Waals surface area contributed by atoms with Crippen molar-refractivity contribution in [2.24, 2.45) is 0 Å². The number of aliphatic hydroxyl groups is 1. The van der Waals surface area contributed by atoms with Crippen molar-refractivity contribution < 1.29 is 19.7 Å². The van der Waals surface area contributed by atoms with Crippen molar-refractivity contribution >= 4 is 23.3 Å². The van der Waals surface area contributed by atoms with Gasteiger partial charge in [-0.15, -0.1) is 0 Å². The van der Waals surface area contributed by atoms with Gasteiger partial charge in [0.25, 0.3) is 0 Å². The van der Waals surface area contributed by atoms with Crippen LogP contribution in [-0.2, 0) is 4.74 Å². The molecule has 18 heavy (non-hydrogen) atoms. The number of aliphatic hydroxyl groups excluding tert-OH is 1. The summed E-state index contributed by atoms with van der Waals surface area (Å²) < 4.78 is 5.13. The Kier molecular flexibility index (Phi) is 3.75. The second kappa shape index (κ2) is 5.14. The first-order valence-corrected chi connectivity index (χ1v) is 5.92. The Balaban J connectivity index is 2.29. The van der Waals surface area contributed by atoms with Gasteiger partial charge in [-0.25, -0.2) is 4.79 Å². The van der Waals surface area contributed by atoms with Crippen LogP contribution in [0.4, 0.5) is 5.69 Å². The van der Waals surface area contributed by atoms with E-state index in [9.17, 15) is 9.90 Å². The minimum Gasteiger partial charge on any atom is -0.478 e. The third-order valence-corrected chi connectivity index (χ3v) is 3.21. The van der Waals surface area contributed by atoms with Crippen molar-refractivity contribution in [2.75, 3.05) is 18.5 Å². The van der Waals surface area contributed by atoms with E-state index in [2.05, 4.69) is 5.32 Å². The number of hydrogen-bond acceptors (Lipinski definition) is 4. The van der Waals surface area contributed by atoms with Crippen molar-refractivity contribution in [3.05, 3.63) is 28.3 Å². The van der Waals surface area contributed by atoms with E-state index in [0.29, 0.717) is 22.9 Å². The maximum atomic E-state index is 11.1. The van der Waals surface area contributed by atoms with Gasteiger partial charge in [-0.05, 0) is 24.6 Å². The second-order valence-corrected chi connectivity index (χ2v) is 4.72. The average molecular weight is 272 g/mol. The fourth-order valence-electron chi connectivity index (χ4n) is 1.93. The van der Waals surface area contributed by atoms with Gasteiger partial charge in [0, 0.05) is 10.7 Å². The van der Waals surface area contributed by atoms with Crippen molar-refractivity contribution in [1.82, 2.24) is 0 Å². The molecule has 1 aromatic rings. The van der Waals surface area contributed by atoms with Gasteiger partial charge in [-0.1, -0.05) is 11.6 Å². The molecule has 0 unspecified atom stereocenters. The standard InChI is InChI=1S/C12H14ClNO4/c1-6-8(12(16)17)2-7(13)3-9(6)14-10-4-18-5-11(10)15/h2-3,10-11,14-15H,4-5H2,1H3,(H,16,17)/t10-,11-/m0/s1. The second-order valence-electron chi connectivity index (χ2n) is 4.29. The first-order valence-electron chi connectivity index (χ1n) is 5.55. The van der Waals surface area contributed by atoms with Gasteiger partial charge in [-0.3, -0.25) is 0 Å². The number of hydrogen-bond donors (Lipinski definition) is 3. The van der Waals surface area contributed by atoms with E-state index in [0.717, 1.165) is 0 Å². The molecular weight excluding hydrogens is 258 g/mol. The zero-order chi connectivity index (χ0) is 13.3. The number of anilines is 1. The zero-order valence-electron chi connectivity index (χ0n) is 9.81. The molecule has 3 N–H and O–H groups in total. The summed E-state index contributed by atoms with van der Waals surface area (Å²) in [6.07, 6.45) is -0.600. The lowest BCUT2D eigenvalue weighted by Gasteiger charge is -2.19. The Labute approximate surface area is 109 Å².